The summed E-state index contributed by atoms with van der Waals surface area (Å²) in [5.74, 6) is -0.487. The quantitative estimate of drug-likeness (QED) is 0.441. The molecule has 5 nitrogen and oxygen atoms in total. The molecule has 4 aromatic rings. The number of nitrogens with one attached hydrogen (secondary N) is 2. The van der Waals surface area contributed by atoms with Crippen LogP contribution in [0, 0.1) is 10.6 Å². The van der Waals surface area contributed by atoms with Crippen LogP contribution in [0.25, 0.3) is 16.6 Å². The molecule has 0 unspecified atom stereocenters. The first-order valence-corrected chi connectivity index (χ1v) is 7.60. The Hall–Kier alpha value is -3.06. The fourth-order valence-electron chi connectivity index (χ4n) is 2.66. The zero-order chi connectivity index (χ0) is 16.7. The summed E-state index contributed by atoms with van der Waals surface area (Å²) in [7, 11) is 0. The number of aromatic amines is 2. The highest BCUT2D eigenvalue weighted by atomic mass is 32.1. The van der Waals surface area contributed by atoms with Gasteiger partial charge in [-0.05, 0) is 42.5 Å². The molecule has 0 atom stereocenters. The third-order valence-electron chi connectivity index (χ3n) is 3.79. The zero-order valence-corrected chi connectivity index (χ0v) is 13.1. The number of carbonyl (C=O) groups excluding carboxylic acids is 1. The largest absolute Gasteiger partial charge is 0.360 e. The van der Waals surface area contributed by atoms with Gasteiger partial charge < -0.3 is 4.98 Å². The van der Waals surface area contributed by atoms with Crippen LogP contribution in [0.2, 0.25) is 0 Å². The third kappa shape index (κ3) is 2.26. The van der Waals surface area contributed by atoms with Crippen LogP contribution in [0.15, 0.2) is 54.7 Å². The minimum Gasteiger partial charge on any atom is -0.360 e. The van der Waals surface area contributed by atoms with Gasteiger partial charge in [-0.3, -0.25) is 14.5 Å². The Labute approximate surface area is 140 Å². The molecule has 7 heteroatoms. The average Bonchev–Trinajstić information content (AvgIpc) is 3.19. The van der Waals surface area contributed by atoms with Crippen molar-refractivity contribution in [2.45, 2.75) is 0 Å². The Balaban J connectivity index is 1.87. The lowest BCUT2D eigenvalue weighted by atomic mass is 10.1. The van der Waals surface area contributed by atoms with Gasteiger partial charge in [-0.25, -0.2) is 4.39 Å². The molecule has 118 valence electrons. The molecule has 2 aromatic heterocycles. The lowest BCUT2D eigenvalue weighted by Crippen LogP contribution is -2.10. The topological polar surface area (TPSA) is 66.5 Å². The van der Waals surface area contributed by atoms with Gasteiger partial charge in [0.15, 0.2) is 4.77 Å². The molecule has 0 aliphatic heterocycles. The van der Waals surface area contributed by atoms with Crippen molar-refractivity contribution >= 4 is 28.9 Å². The van der Waals surface area contributed by atoms with E-state index in [0.29, 0.717) is 11.3 Å². The first-order chi connectivity index (χ1) is 11.6. The molecule has 0 spiro atoms. The van der Waals surface area contributed by atoms with E-state index in [2.05, 4.69) is 15.2 Å². The van der Waals surface area contributed by atoms with Gasteiger partial charge >= 0.3 is 0 Å². The SMILES string of the molecule is O=C(c1c[nH]c2ccccc12)c1n[nH]c(=S)n1-c1ccc(F)cc1. The summed E-state index contributed by atoms with van der Waals surface area (Å²) in [5, 5.41) is 7.51. The van der Waals surface area contributed by atoms with Gasteiger partial charge in [-0.2, -0.15) is 5.10 Å². The highest BCUT2D eigenvalue weighted by molar-refractivity contribution is 7.71. The zero-order valence-electron chi connectivity index (χ0n) is 12.3. The van der Waals surface area contributed by atoms with Gasteiger partial charge in [0.05, 0.1) is 11.3 Å². The summed E-state index contributed by atoms with van der Waals surface area (Å²) in [6, 6.07) is 13.2. The number of hydrogen-bond donors (Lipinski definition) is 2. The molecule has 2 aromatic carbocycles. The van der Waals surface area contributed by atoms with Crippen molar-refractivity contribution in [2.24, 2.45) is 0 Å². The lowest BCUT2D eigenvalue weighted by Gasteiger charge is -2.05. The molecule has 2 N–H and O–H groups in total. The number of halogens is 1. The van der Waals surface area contributed by atoms with Crippen LogP contribution in [0.1, 0.15) is 16.2 Å². The molecule has 2 heterocycles. The third-order valence-corrected chi connectivity index (χ3v) is 4.07. The van der Waals surface area contributed by atoms with E-state index >= 15 is 0 Å². The van der Waals surface area contributed by atoms with Crippen molar-refractivity contribution in [3.63, 3.8) is 0 Å². The Morgan fingerprint density at radius 1 is 1.12 bits per heavy atom. The molecular weight excluding hydrogens is 327 g/mol. The number of fused-ring (bicyclic) bond motifs is 1. The summed E-state index contributed by atoms with van der Waals surface area (Å²) in [6.45, 7) is 0. The van der Waals surface area contributed by atoms with Gasteiger partial charge in [0.1, 0.15) is 5.82 Å². The first kappa shape index (κ1) is 14.5. The molecule has 0 aliphatic rings. The van der Waals surface area contributed by atoms with Crippen LogP contribution in [0.4, 0.5) is 4.39 Å². The van der Waals surface area contributed by atoms with E-state index in [4.69, 9.17) is 12.2 Å². The molecule has 0 saturated carbocycles. The smallest absolute Gasteiger partial charge is 0.232 e. The lowest BCUT2D eigenvalue weighted by molar-refractivity contribution is 0.102. The normalized spacial score (nSPS) is 11.0. The summed E-state index contributed by atoms with van der Waals surface area (Å²) in [5.41, 5.74) is 1.93. The van der Waals surface area contributed by atoms with Crippen molar-refractivity contribution in [3.05, 3.63) is 76.7 Å². The number of H-pyrrole nitrogens is 2. The number of nitrogens with zero attached hydrogens (tertiary/aromatic N) is 2. The molecule has 0 saturated heterocycles. The van der Waals surface area contributed by atoms with Gasteiger partial charge in [0.2, 0.25) is 11.6 Å². The van der Waals surface area contributed by atoms with E-state index in [-0.39, 0.29) is 22.2 Å². The van der Waals surface area contributed by atoms with E-state index in [1.165, 1.54) is 16.7 Å². The van der Waals surface area contributed by atoms with E-state index in [9.17, 15) is 9.18 Å². The molecule has 0 amide bonds. The van der Waals surface area contributed by atoms with Crippen LogP contribution >= 0.6 is 12.2 Å². The average molecular weight is 338 g/mol. The predicted molar refractivity (Wildman–Crippen MR) is 90.4 cm³/mol. The van der Waals surface area contributed by atoms with Crippen LogP contribution in [-0.4, -0.2) is 25.5 Å². The number of para-hydroxylation sites is 1. The number of carbonyl (C=O) groups is 1. The van der Waals surface area contributed by atoms with Crippen molar-refractivity contribution in [1.29, 1.82) is 0 Å². The summed E-state index contributed by atoms with van der Waals surface area (Å²) < 4.78 is 14.9. The Kier molecular flexibility index (Phi) is 3.35. The van der Waals surface area contributed by atoms with Crippen LogP contribution in [0.5, 0.6) is 0 Å². The second kappa shape index (κ2) is 5.54. The number of benzene rings is 2. The van der Waals surface area contributed by atoms with Gasteiger partial charge in [-0.1, -0.05) is 18.2 Å². The monoisotopic (exact) mass is 338 g/mol. The molecule has 0 aliphatic carbocycles. The van der Waals surface area contributed by atoms with Gasteiger partial charge in [-0.15, -0.1) is 0 Å². The number of rotatable bonds is 3. The maximum atomic E-state index is 13.2. The van der Waals surface area contributed by atoms with Crippen LogP contribution < -0.4 is 0 Å². The number of hydrogen-bond acceptors (Lipinski definition) is 3. The van der Waals surface area contributed by atoms with Crippen molar-refractivity contribution in [2.75, 3.05) is 0 Å². The molecule has 24 heavy (non-hydrogen) atoms. The van der Waals surface area contributed by atoms with Crippen LogP contribution in [-0.2, 0) is 0 Å². The Bertz CT molecular complexity index is 1110. The van der Waals surface area contributed by atoms with Crippen molar-refractivity contribution in [3.8, 4) is 5.69 Å². The second-order valence-corrected chi connectivity index (χ2v) is 5.63. The van der Waals surface area contributed by atoms with E-state index in [1.54, 1.807) is 18.3 Å². The number of ketones is 1. The van der Waals surface area contributed by atoms with Crippen molar-refractivity contribution < 1.29 is 9.18 Å². The summed E-state index contributed by atoms with van der Waals surface area (Å²) in [4.78, 5) is 16.0. The molecule has 0 fully saturated rings. The Morgan fingerprint density at radius 2 is 1.88 bits per heavy atom. The van der Waals surface area contributed by atoms with Gasteiger partial charge in [0.25, 0.3) is 0 Å². The van der Waals surface area contributed by atoms with Crippen molar-refractivity contribution in [1.82, 2.24) is 19.7 Å². The minimum atomic E-state index is -0.363. The first-order valence-electron chi connectivity index (χ1n) is 7.19. The molecule has 0 radical (unpaired) electrons. The molecular formula is C17H11FN4OS. The van der Waals surface area contributed by atoms with E-state index in [1.807, 2.05) is 24.3 Å². The standard InChI is InChI=1S/C17H11FN4OS/c18-10-5-7-11(8-6-10)22-16(20-21-17(22)24)15(23)13-9-19-14-4-2-1-3-12(13)14/h1-9,19H,(H,21,24). The number of aromatic nitrogens is 4. The van der Waals surface area contributed by atoms with E-state index < -0.39 is 0 Å². The molecule has 0 bridgehead atoms. The Morgan fingerprint density at radius 3 is 2.67 bits per heavy atom. The highest BCUT2D eigenvalue weighted by Crippen LogP contribution is 2.22. The maximum Gasteiger partial charge on any atom is 0.232 e. The second-order valence-electron chi connectivity index (χ2n) is 5.24. The predicted octanol–water partition coefficient (Wildman–Crippen LogP) is 3.78. The highest BCUT2D eigenvalue weighted by Gasteiger charge is 2.21. The van der Waals surface area contributed by atoms with Gasteiger partial charge in [0, 0.05) is 17.1 Å². The maximum absolute atomic E-state index is 13.2. The minimum absolute atomic E-state index is 0.149. The van der Waals surface area contributed by atoms with E-state index in [0.717, 1.165) is 10.9 Å². The molecule has 4 rings (SSSR count). The fourth-order valence-corrected chi connectivity index (χ4v) is 2.90. The summed E-state index contributed by atoms with van der Waals surface area (Å²) in [6.07, 6.45) is 1.65. The summed E-state index contributed by atoms with van der Waals surface area (Å²) >= 11 is 5.22. The fraction of sp³-hybridized carbons (Fsp3) is 0. The van der Waals surface area contributed by atoms with Crippen LogP contribution in [0.3, 0.4) is 0 Å².